The van der Waals surface area contributed by atoms with Gasteiger partial charge in [0.15, 0.2) is 5.43 Å². The number of fused-ring (bicyclic) bond motifs is 1. The van der Waals surface area contributed by atoms with E-state index < -0.39 is 0 Å². The normalized spacial score (nSPS) is 10.8. The molecule has 0 saturated heterocycles. The van der Waals surface area contributed by atoms with Crippen LogP contribution in [0.25, 0.3) is 11.0 Å². The zero-order valence-corrected chi connectivity index (χ0v) is 14.4. The monoisotopic (exact) mass is 360 g/mol. The van der Waals surface area contributed by atoms with E-state index in [0.717, 1.165) is 11.3 Å². The lowest BCUT2D eigenvalue weighted by Gasteiger charge is -2.08. The molecule has 0 bridgehead atoms. The van der Waals surface area contributed by atoms with Crippen molar-refractivity contribution in [3.63, 3.8) is 0 Å². The minimum Gasteiger partial charge on any atom is -0.507 e. The SMILES string of the molecule is COc1ccc(Cc2coc3cc(OCCCl)cc(O)c3c2=O)cc1. The van der Waals surface area contributed by atoms with E-state index in [4.69, 9.17) is 25.5 Å². The van der Waals surface area contributed by atoms with Gasteiger partial charge in [-0.05, 0) is 17.7 Å². The Kier molecular flexibility index (Phi) is 5.14. The summed E-state index contributed by atoms with van der Waals surface area (Å²) in [6.45, 7) is 0.298. The summed E-state index contributed by atoms with van der Waals surface area (Å²) in [4.78, 5) is 12.7. The maximum atomic E-state index is 12.7. The van der Waals surface area contributed by atoms with Gasteiger partial charge >= 0.3 is 0 Å². The van der Waals surface area contributed by atoms with Crippen molar-refractivity contribution in [3.05, 3.63) is 64.0 Å². The highest BCUT2D eigenvalue weighted by molar-refractivity contribution is 6.18. The van der Waals surface area contributed by atoms with Crippen LogP contribution in [-0.2, 0) is 6.42 Å². The van der Waals surface area contributed by atoms with Crippen LogP contribution in [0.2, 0.25) is 0 Å². The van der Waals surface area contributed by atoms with Gasteiger partial charge in [0.25, 0.3) is 0 Å². The second-order valence-electron chi connectivity index (χ2n) is 5.47. The fourth-order valence-corrected chi connectivity index (χ4v) is 2.65. The van der Waals surface area contributed by atoms with Gasteiger partial charge in [0.1, 0.15) is 34.8 Å². The molecule has 1 aromatic heterocycles. The van der Waals surface area contributed by atoms with E-state index in [-0.39, 0.29) is 22.1 Å². The van der Waals surface area contributed by atoms with E-state index in [0.29, 0.717) is 30.2 Å². The third kappa shape index (κ3) is 3.72. The van der Waals surface area contributed by atoms with Crippen LogP contribution in [-0.4, -0.2) is 24.7 Å². The van der Waals surface area contributed by atoms with Crippen LogP contribution >= 0.6 is 11.6 Å². The predicted octanol–water partition coefficient (Wildman–Crippen LogP) is 3.72. The maximum Gasteiger partial charge on any atom is 0.199 e. The van der Waals surface area contributed by atoms with Crippen LogP contribution in [0, 0.1) is 0 Å². The average Bonchev–Trinajstić information content (AvgIpc) is 2.62. The molecule has 0 aliphatic heterocycles. The van der Waals surface area contributed by atoms with Gasteiger partial charge in [0.2, 0.25) is 0 Å². The molecule has 1 N–H and O–H groups in total. The summed E-state index contributed by atoms with van der Waals surface area (Å²) in [6, 6.07) is 10.4. The largest absolute Gasteiger partial charge is 0.507 e. The molecule has 3 aromatic rings. The van der Waals surface area contributed by atoms with Crippen molar-refractivity contribution in [1.29, 1.82) is 0 Å². The van der Waals surface area contributed by atoms with Crippen LogP contribution in [0.1, 0.15) is 11.1 Å². The summed E-state index contributed by atoms with van der Waals surface area (Å²) < 4.78 is 16.0. The number of phenolic OH excluding ortho intramolecular Hbond substituents is 1. The molecule has 6 heteroatoms. The summed E-state index contributed by atoms with van der Waals surface area (Å²) in [5.41, 5.74) is 1.41. The molecule has 0 unspecified atom stereocenters. The molecule has 0 amide bonds. The first-order valence-corrected chi connectivity index (χ1v) is 8.25. The molecular weight excluding hydrogens is 344 g/mol. The van der Waals surface area contributed by atoms with Gasteiger partial charge in [-0.2, -0.15) is 0 Å². The maximum absolute atomic E-state index is 12.7. The zero-order valence-electron chi connectivity index (χ0n) is 13.6. The molecule has 0 saturated carbocycles. The van der Waals surface area contributed by atoms with Gasteiger partial charge in [-0.3, -0.25) is 4.79 Å². The standard InChI is InChI=1S/C19H17ClO5/c1-23-14-4-2-12(3-5-14)8-13-11-25-17-10-15(24-7-6-20)9-16(21)18(17)19(13)22/h2-5,9-11,21H,6-8H2,1H3. The number of halogens is 1. The summed E-state index contributed by atoms with van der Waals surface area (Å²) in [5, 5.41) is 10.3. The minimum absolute atomic E-state index is 0.143. The highest BCUT2D eigenvalue weighted by Crippen LogP contribution is 2.29. The number of rotatable bonds is 6. The van der Waals surface area contributed by atoms with E-state index >= 15 is 0 Å². The van der Waals surface area contributed by atoms with Gasteiger partial charge in [-0.15, -0.1) is 11.6 Å². The predicted molar refractivity (Wildman–Crippen MR) is 96.2 cm³/mol. The van der Waals surface area contributed by atoms with Crippen molar-refractivity contribution in [2.75, 3.05) is 19.6 Å². The zero-order chi connectivity index (χ0) is 17.8. The number of phenols is 1. The van der Waals surface area contributed by atoms with Crippen LogP contribution < -0.4 is 14.9 Å². The Hall–Kier alpha value is -2.66. The van der Waals surface area contributed by atoms with Gasteiger partial charge in [-0.25, -0.2) is 0 Å². The molecule has 0 atom stereocenters. The van der Waals surface area contributed by atoms with Crippen LogP contribution in [0.4, 0.5) is 0 Å². The number of ether oxygens (including phenoxy) is 2. The summed E-state index contributed by atoms with van der Waals surface area (Å²) in [5.74, 6) is 1.30. The first-order valence-electron chi connectivity index (χ1n) is 7.71. The Morgan fingerprint density at radius 1 is 1.16 bits per heavy atom. The quantitative estimate of drug-likeness (QED) is 0.678. The van der Waals surface area contributed by atoms with E-state index in [1.165, 1.54) is 12.3 Å². The van der Waals surface area contributed by atoms with Gasteiger partial charge < -0.3 is 19.0 Å². The molecule has 1 heterocycles. The highest BCUT2D eigenvalue weighted by Gasteiger charge is 2.13. The van der Waals surface area contributed by atoms with Crippen molar-refractivity contribution < 1.29 is 19.0 Å². The number of hydrogen-bond acceptors (Lipinski definition) is 5. The van der Waals surface area contributed by atoms with E-state index in [1.54, 1.807) is 13.2 Å². The van der Waals surface area contributed by atoms with Crippen molar-refractivity contribution in [3.8, 4) is 17.2 Å². The second kappa shape index (κ2) is 7.49. The Morgan fingerprint density at radius 2 is 1.92 bits per heavy atom. The molecule has 3 rings (SSSR count). The van der Waals surface area contributed by atoms with Crippen molar-refractivity contribution in [2.24, 2.45) is 0 Å². The van der Waals surface area contributed by atoms with Gasteiger partial charge in [0, 0.05) is 24.1 Å². The lowest BCUT2D eigenvalue weighted by molar-refractivity contribution is 0.340. The molecule has 0 fully saturated rings. The molecule has 0 radical (unpaired) electrons. The number of aromatic hydroxyl groups is 1. The Bertz CT molecular complexity index is 931. The second-order valence-corrected chi connectivity index (χ2v) is 5.85. The van der Waals surface area contributed by atoms with E-state index in [1.807, 2.05) is 24.3 Å². The van der Waals surface area contributed by atoms with Crippen molar-refractivity contribution >= 4 is 22.6 Å². The van der Waals surface area contributed by atoms with Crippen LogP contribution in [0.5, 0.6) is 17.2 Å². The molecule has 0 aliphatic carbocycles. The summed E-state index contributed by atoms with van der Waals surface area (Å²) in [6.07, 6.45) is 1.81. The first kappa shape index (κ1) is 17.2. The average molecular weight is 361 g/mol. The Balaban J connectivity index is 1.96. The van der Waals surface area contributed by atoms with E-state index in [2.05, 4.69) is 0 Å². The number of hydrogen-bond donors (Lipinski definition) is 1. The van der Waals surface area contributed by atoms with Crippen molar-refractivity contribution in [2.45, 2.75) is 6.42 Å². The minimum atomic E-state index is -0.265. The Labute approximate surface area is 149 Å². The first-order chi connectivity index (χ1) is 12.1. The molecule has 5 nitrogen and oxygen atoms in total. The smallest absolute Gasteiger partial charge is 0.199 e. The third-order valence-electron chi connectivity index (χ3n) is 3.80. The fraction of sp³-hybridized carbons (Fsp3) is 0.211. The molecule has 0 spiro atoms. The molecule has 0 aliphatic rings. The van der Waals surface area contributed by atoms with Gasteiger partial charge in [-0.1, -0.05) is 12.1 Å². The molecular formula is C19H17ClO5. The number of alkyl halides is 1. The number of methoxy groups -OCH3 is 1. The van der Waals surface area contributed by atoms with Gasteiger partial charge in [0.05, 0.1) is 19.3 Å². The molecule has 2 aromatic carbocycles. The third-order valence-corrected chi connectivity index (χ3v) is 3.96. The summed E-state index contributed by atoms with van der Waals surface area (Å²) >= 11 is 5.58. The fourth-order valence-electron chi connectivity index (χ4n) is 2.57. The molecule has 130 valence electrons. The topological polar surface area (TPSA) is 68.9 Å². The van der Waals surface area contributed by atoms with Crippen LogP contribution in [0.3, 0.4) is 0 Å². The number of benzene rings is 2. The van der Waals surface area contributed by atoms with Crippen LogP contribution in [0.15, 0.2) is 51.9 Å². The highest BCUT2D eigenvalue weighted by atomic mass is 35.5. The van der Waals surface area contributed by atoms with E-state index in [9.17, 15) is 9.90 Å². The Morgan fingerprint density at radius 3 is 2.60 bits per heavy atom. The lowest BCUT2D eigenvalue weighted by Crippen LogP contribution is -2.10. The lowest BCUT2D eigenvalue weighted by atomic mass is 10.0. The van der Waals surface area contributed by atoms with Crippen molar-refractivity contribution in [1.82, 2.24) is 0 Å². The molecule has 25 heavy (non-hydrogen) atoms. The summed E-state index contributed by atoms with van der Waals surface area (Å²) in [7, 11) is 1.60.